The summed E-state index contributed by atoms with van der Waals surface area (Å²) in [7, 11) is -1.46. The van der Waals surface area contributed by atoms with Gasteiger partial charge in [0.2, 0.25) is 0 Å². The second-order valence-electron chi connectivity index (χ2n) is 11.6. The molecule has 1 rings (SSSR count). The van der Waals surface area contributed by atoms with Gasteiger partial charge in [-0.2, -0.15) is 0 Å². The number of esters is 1. The average molecular weight is 533 g/mol. The first-order chi connectivity index (χ1) is 14.0. The summed E-state index contributed by atoms with van der Waals surface area (Å²) in [4.78, 5) is 11.1. The van der Waals surface area contributed by atoms with Crippen LogP contribution in [0.25, 0.3) is 0 Å². The van der Waals surface area contributed by atoms with Crippen LogP contribution in [0.2, 0.25) is 44.9 Å². The molecule has 0 aromatic heterocycles. The molecule has 0 spiro atoms. The quantitative estimate of drug-likeness (QED) is 0.267. The summed E-state index contributed by atoms with van der Waals surface area (Å²) in [6.45, 7) is 27.0. The van der Waals surface area contributed by atoms with E-state index < -0.39 is 21.6 Å². The number of hydrogen-bond acceptors (Lipinski definition) is 3. The molecule has 35 heavy (non-hydrogen) atoms. The van der Waals surface area contributed by atoms with E-state index >= 15 is 0 Å². The third kappa shape index (κ3) is 27.5. The molecule has 0 amide bonds. The van der Waals surface area contributed by atoms with Crippen molar-refractivity contribution in [1.29, 1.82) is 0 Å². The van der Waals surface area contributed by atoms with Gasteiger partial charge >= 0.3 is 5.97 Å². The van der Waals surface area contributed by atoms with Crippen molar-refractivity contribution in [2.24, 2.45) is 5.41 Å². The van der Waals surface area contributed by atoms with Gasteiger partial charge in [0.25, 0.3) is 0 Å². The zero-order valence-corrected chi connectivity index (χ0v) is 24.7. The fourth-order valence-corrected chi connectivity index (χ4v) is 15.9. The average Bonchev–Trinajstić information content (AvgIpc) is 2.64. The molecule has 0 aliphatic carbocycles. The second kappa shape index (κ2) is 22.3. The second-order valence-corrected chi connectivity index (χ2v) is 23.3. The van der Waals surface area contributed by atoms with Crippen molar-refractivity contribution >= 4 is 22.1 Å². The zero-order valence-electron chi connectivity index (χ0n) is 22.7. The number of rotatable bonds is 8. The van der Waals surface area contributed by atoms with E-state index in [0.29, 0.717) is 5.92 Å². The van der Waals surface area contributed by atoms with Crippen LogP contribution in [0, 0.1) is 12.3 Å². The van der Waals surface area contributed by atoms with Gasteiger partial charge in [0.05, 0.1) is 12.0 Å². The summed E-state index contributed by atoms with van der Waals surface area (Å²) >= 11 is 0. The van der Waals surface area contributed by atoms with Gasteiger partial charge in [-0.1, -0.05) is 125 Å². The number of aliphatic hydroxyl groups excluding tert-OH is 1. The molecular formula is C30H68O3Si2. The molecule has 214 valence electrons. The summed E-state index contributed by atoms with van der Waals surface area (Å²) in [5.41, 5.74) is 3.95. The molecule has 0 saturated heterocycles. The van der Waals surface area contributed by atoms with Gasteiger partial charge in [-0.05, 0) is 45.1 Å². The van der Waals surface area contributed by atoms with E-state index in [-0.39, 0.29) is 48.9 Å². The van der Waals surface area contributed by atoms with E-state index in [0.717, 1.165) is 6.42 Å². The first kappa shape index (κ1) is 47.3. The maximum absolute atomic E-state index is 11.1. The highest BCUT2D eigenvalue weighted by Gasteiger charge is 2.26. The monoisotopic (exact) mass is 532 g/mol. The number of benzene rings is 1. The summed E-state index contributed by atoms with van der Waals surface area (Å²) < 4.78 is 4.76. The van der Waals surface area contributed by atoms with Crippen LogP contribution in [0.5, 0.6) is 0 Å². The fraction of sp³-hybridized carbons (Fsp3) is 0.767. The summed E-state index contributed by atoms with van der Waals surface area (Å²) in [6, 6.07) is 8.82. The molecule has 0 saturated carbocycles. The van der Waals surface area contributed by atoms with Gasteiger partial charge in [0.1, 0.15) is 6.61 Å². The van der Waals surface area contributed by atoms with Gasteiger partial charge in [0.15, 0.2) is 0 Å². The summed E-state index contributed by atoms with van der Waals surface area (Å²) in [5, 5.41) is 8.38. The molecule has 1 aromatic rings. The van der Waals surface area contributed by atoms with Gasteiger partial charge in [-0.15, -0.1) is 0 Å². The highest BCUT2D eigenvalue weighted by atomic mass is 28.4. The lowest BCUT2D eigenvalue weighted by atomic mass is 9.91. The molecule has 3 nitrogen and oxygen atoms in total. The minimum Gasteiger partial charge on any atom is -0.463 e. The van der Waals surface area contributed by atoms with Gasteiger partial charge in [-0.25, -0.2) is 0 Å². The van der Waals surface area contributed by atoms with Crippen LogP contribution in [0.1, 0.15) is 94.2 Å². The summed E-state index contributed by atoms with van der Waals surface area (Å²) in [6.07, 6.45) is 1.97. The third-order valence-corrected chi connectivity index (χ3v) is 13.6. The Hall–Kier alpha value is -0.916. The van der Waals surface area contributed by atoms with E-state index in [1.54, 1.807) is 5.67 Å². The van der Waals surface area contributed by atoms with Crippen LogP contribution in [0.15, 0.2) is 24.3 Å². The molecule has 0 bridgehead atoms. The largest absolute Gasteiger partial charge is 0.463 e. The van der Waals surface area contributed by atoms with Gasteiger partial charge in [0, 0.05) is 16.1 Å². The van der Waals surface area contributed by atoms with E-state index in [1.807, 2.05) is 20.8 Å². The molecule has 1 atom stereocenters. The number of carbonyl (C=O) groups is 1. The maximum atomic E-state index is 11.1. The molecule has 5 heteroatoms. The Morgan fingerprint density at radius 3 is 1.57 bits per heavy atom. The molecule has 0 radical (unpaired) electrons. The minimum absolute atomic E-state index is 0. The number of carbonyl (C=O) groups excluding carboxylic acids is 1. The smallest absolute Gasteiger partial charge is 0.311 e. The van der Waals surface area contributed by atoms with E-state index in [1.165, 1.54) is 17.5 Å². The molecular weight excluding hydrogens is 464 g/mol. The Balaban J connectivity index is -0.0000000857. The van der Waals surface area contributed by atoms with Crippen molar-refractivity contribution in [1.82, 2.24) is 0 Å². The standard InChI is InChI=1S/C11H16.C8H16O3.C7H20Si2.4CH4/c1-4-10(3)11-7-5-9(2)6-8-11;1-4-8(2,3)7(10)11-6-5-9;1-8(2,3)7-9(4,5)6;;;;/h5-8,10H,4H2,1-3H3;9H,4-6H2,1-3H3;7H2,1-6H3;4*1H4. The number of ether oxygens (including phenoxy) is 1. The van der Waals surface area contributed by atoms with E-state index in [2.05, 4.69) is 84.3 Å². The Bertz CT molecular complexity index is 586. The Labute approximate surface area is 225 Å². The molecule has 0 aliphatic rings. The maximum Gasteiger partial charge on any atom is 0.311 e. The van der Waals surface area contributed by atoms with E-state index in [9.17, 15) is 4.79 Å². The molecule has 1 aromatic carbocycles. The van der Waals surface area contributed by atoms with Crippen LogP contribution >= 0.6 is 0 Å². The Kier molecular flexibility index (Phi) is 30.1. The molecule has 0 aliphatic heterocycles. The first-order valence-electron chi connectivity index (χ1n) is 11.8. The SMILES string of the molecule is C.C.C.C.CCC(C)(C)C(=O)OCCO.CCC(C)c1ccc(C)cc1.C[Si](C)(C)C[Si](C)(C)C. The lowest BCUT2D eigenvalue weighted by Gasteiger charge is -2.25. The minimum atomic E-state index is -0.731. The highest BCUT2D eigenvalue weighted by molar-refractivity contribution is 6.94. The molecule has 1 unspecified atom stereocenters. The number of aliphatic hydroxyl groups is 1. The summed E-state index contributed by atoms with van der Waals surface area (Å²) in [5.74, 6) is 0.463. The van der Waals surface area contributed by atoms with Crippen LogP contribution in [-0.2, 0) is 9.53 Å². The predicted octanol–water partition coefficient (Wildman–Crippen LogP) is 10.2. The predicted molar refractivity (Wildman–Crippen MR) is 170 cm³/mol. The van der Waals surface area contributed by atoms with Crippen LogP contribution in [0.4, 0.5) is 0 Å². The molecule has 0 fully saturated rings. The number of hydrogen-bond donors (Lipinski definition) is 1. The van der Waals surface area contributed by atoms with Gasteiger partial charge in [-0.3, -0.25) is 4.79 Å². The molecule has 1 N–H and O–H groups in total. The lowest BCUT2D eigenvalue weighted by Crippen LogP contribution is -2.34. The zero-order chi connectivity index (χ0) is 24.9. The van der Waals surface area contributed by atoms with Crippen LogP contribution < -0.4 is 0 Å². The normalized spacial score (nSPS) is 11.2. The van der Waals surface area contributed by atoms with Crippen molar-refractivity contribution in [2.75, 3.05) is 13.2 Å². The topological polar surface area (TPSA) is 46.5 Å². The van der Waals surface area contributed by atoms with E-state index in [4.69, 9.17) is 9.84 Å². The third-order valence-electron chi connectivity index (χ3n) is 5.08. The van der Waals surface area contributed by atoms with Crippen molar-refractivity contribution in [3.8, 4) is 0 Å². The van der Waals surface area contributed by atoms with Crippen LogP contribution in [-0.4, -0.2) is 40.4 Å². The number of aryl methyl sites for hydroxylation is 1. The molecule has 0 heterocycles. The van der Waals surface area contributed by atoms with Gasteiger partial charge < -0.3 is 9.84 Å². The van der Waals surface area contributed by atoms with Crippen molar-refractivity contribution < 1.29 is 14.6 Å². The fourth-order valence-electron chi connectivity index (χ4n) is 3.20. The van der Waals surface area contributed by atoms with Crippen molar-refractivity contribution in [3.05, 3.63) is 35.4 Å². The Morgan fingerprint density at radius 1 is 0.914 bits per heavy atom. The highest BCUT2D eigenvalue weighted by Crippen LogP contribution is 2.21. The van der Waals surface area contributed by atoms with Crippen LogP contribution in [0.3, 0.4) is 0 Å². The lowest BCUT2D eigenvalue weighted by molar-refractivity contribution is -0.155. The van der Waals surface area contributed by atoms with Crippen molar-refractivity contribution in [2.45, 2.75) is 135 Å². The Morgan fingerprint density at radius 2 is 1.31 bits per heavy atom. The van der Waals surface area contributed by atoms with Crippen molar-refractivity contribution in [3.63, 3.8) is 0 Å². The first-order valence-corrected chi connectivity index (χ1v) is 19.2.